The van der Waals surface area contributed by atoms with Crippen LogP contribution in [0.3, 0.4) is 0 Å². The van der Waals surface area contributed by atoms with E-state index >= 15 is 0 Å². The number of carbonyl (C=O) groups is 1. The molecule has 1 amide bonds. The van der Waals surface area contributed by atoms with Crippen LogP contribution in [-0.2, 0) is 0 Å². The van der Waals surface area contributed by atoms with Gasteiger partial charge in [0.2, 0.25) is 0 Å². The third-order valence-corrected chi connectivity index (χ3v) is 4.00. The predicted octanol–water partition coefficient (Wildman–Crippen LogP) is 1.92. The van der Waals surface area contributed by atoms with E-state index in [0.717, 1.165) is 0 Å². The molecule has 1 saturated carbocycles. The summed E-state index contributed by atoms with van der Waals surface area (Å²) < 4.78 is 5.25. The monoisotopic (exact) mass is 286 g/mol. The lowest BCUT2D eigenvalue weighted by molar-refractivity contribution is 0.0909. The van der Waals surface area contributed by atoms with Crippen LogP contribution in [0, 0.1) is 17.8 Å². The number of hydrogen-bond donors (Lipinski definition) is 2. The summed E-state index contributed by atoms with van der Waals surface area (Å²) in [7, 11) is 1.58. The average molecular weight is 286 g/mol. The molecule has 1 aliphatic rings. The molecule has 0 saturated heterocycles. The zero-order valence-corrected chi connectivity index (χ0v) is 12.6. The highest BCUT2D eigenvalue weighted by Crippen LogP contribution is 2.29. The van der Waals surface area contributed by atoms with E-state index < -0.39 is 0 Å². The van der Waals surface area contributed by atoms with Crippen molar-refractivity contribution in [3.63, 3.8) is 0 Å². The molecule has 4 nitrogen and oxygen atoms in total. The normalized spacial score (nSPS) is 15.4. The van der Waals surface area contributed by atoms with Crippen LogP contribution in [0.4, 0.5) is 0 Å². The van der Waals surface area contributed by atoms with Gasteiger partial charge in [0, 0.05) is 11.6 Å². The maximum atomic E-state index is 12.3. The van der Waals surface area contributed by atoms with Crippen molar-refractivity contribution < 1.29 is 9.53 Å². The molecule has 0 spiro atoms. The highest BCUT2D eigenvalue weighted by atomic mass is 16.5. The molecule has 112 valence electrons. The molecule has 21 heavy (non-hydrogen) atoms. The third kappa shape index (κ3) is 3.77. The fraction of sp³-hybridized carbons (Fsp3) is 0.471. The minimum Gasteiger partial charge on any atom is -0.495 e. The molecule has 3 N–H and O–H groups in total. The molecule has 2 rings (SSSR count). The number of methoxy groups -OCH3 is 1. The zero-order valence-electron chi connectivity index (χ0n) is 12.6. The molecule has 1 atom stereocenters. The number of benzene rings is 1. The Morgan fingerprint density at radius 2 is 2.29 bits per heavy atom. The molecule has 0 bridgehead atoms. The summed E-state index contributed by atoms with van der Waals surface area (Å²) in [6.45, 7) is 2.35. The van der Waals surface area contributed by atoms with Gasteiger partial charge >= 0.3 is 0 Å². The molecule has 1 unspecified atom stereocenters. The number of nitrogens with two attached hydrogens (primary N) is 1. The second-order valence-electron chi connectivity index (χ2n) is 5.37. The Morgan fingerprint density at radius 1 is 1.52 bits per heavy atom. The van der Waals surface area contributed by atoms with Gasteiger partial charge in [-0.1, -0.05) is 18.3 Å². The van der Waals surface area contributed by atoms with Gasteiger partial charge in [0.05, 0.1) is 19.2 Å². The van der Waals surface area contributed by atoms with E-state index in [4.69, 9.17) is 10.5 Å². The summed E-state index contributed by atoms with van der Waals surface area (Å²) in [6, 6.07) is 5.50. The number of rotatable bonds is 4. The molecule has 1 aromatic carbocycles. The van der Waals surface area contributed by atoms with Crippen molar-refractivity contribution in [3.8, 4) is 17.6 Å². The topological polar surface area (TPSA) is 64.3 Å². The Hall–Kier alpha value is -1.99. The Kier molecular flexibility index (Phi) is 5.24. The van der Waals surface area contributed by atoms with E-state index in [1.165, 1.54) is 19.3 Å². The summed E-state index contributed by atoms with van der Waals surface area (Å²) in [6.07, 6.45) is 3.68. The van der Waals surface area contributed by atoms with E-state index in [1.807, 2.05) is 0 Å². The molecule has 0 aliphatic heterocycles. The highest BCUT2D eigenvalue weighted by molar-refractivity contribution is 5.95. The molecular weight excluding hydrogens is 264 g/mol. The lowest BCUT2D eigenvalue weighted by atomic mass is 9.80. The van der Waals surface area contributed by atoms with Crippen LogP contribution in [0.1, 0.15) is 42.1 Å². The number of ether oxygens (including phenoxy) is 1. The maximum absolute atomic E-state index is 12.3. The van der Waals surface area contributed by atoms with Crippen molar-refractivity contribution in [2.24, 2.45) is 11.7 Å². The number of hydrogen-bond acceptors (Lipinski definition) is 3. The Labute approximate surface area is 126 Å². The van der Waals surface area contributed by atoms with Crippen molar-refractivity contribution in [3.05, 3.63) is 29.3 Å². The van der Waals surface area contributed by atoms with Crippen molar-refractivity contribution in [2.45, 2.75) is 32.2 Å². The average Bonchev–Trinajstić information content (AvgIpc) is 2.42. The summed E-state index contributed by atoms with van der Waals surface area (Å²) in [5.74, 6) is 6.93. The third-order valence-electron chi connectivity index (χ3n) is 4.00. The first-order chi connectivity index (χ1) is 10.2. The predicted molar refractivity (Wildman–Crippen MR) is 83.2 cm³/mol. The maximum Gasteiger partial charge on any atom is 0.251 e. The van der Waals surface area contributed by atoms with Crippen molar-refractivity contribution >= 4 is 5.91 Å². The van der Waals surface area contributed by atoms with E-state index in [2.05, 4.69) is 24.1 Å². The molecule has 0 aromatic heterocycles. The summed E-state index contributed by atoms with van der Waals surface area (Å²) in [5.41, 5.74) is 6.68. The van der Waals surface area contributed by atoms with E-state index in [-0.39, 0.29) is 18.5 Å². The van der Waals surface area contributed by atoms with Crippen LogP contribution < -0.4 is 15.8 Å². The first-order valence-electron chi connectivity index (χ1n) is 7.33. The van der Waals surface area contributed by atoms with Crippen molar-refractivity contribution in [2.75, 3.05) is 13.7 Å². The zero-order chi connectivity index (χ0) is 15.2. The molecule has 1 aliphatic carbocycles. The van der Waals surface area contributed by atoms with Crippen LogP contribution in [0.25, 0.3) is 0 Å². The second kappa shape index (κ2) is 7.14. The fourth-order valence-electron chi connectivity index (χ4n) is 2.44. The largest absolute Gasteiger partial charge is 0.495 e. The molecule has 4 heteroatoms. The number of nitrogens with one attached hydrogen (secondary N) is 1. The van der Waals surface area contributed by atoms with Crippen LogP contribution in [0.2, 0.25) is 0 Å². The van der Waals surface area contributed by atoms with E-state index in [0.29, 0.717) is 22.8 Å². The van der Waals surface area contributed by atoms with E-state index in [1.54, 1.807) is 25.3 Å². The van der Waals surface area contributed by atoms with Crippen molar-refractivity contribution in [1.82, 2.24) is 5.32 Å². The minimum absolute atomic E-state index is 0.0622. The summed E-state index contributed by atoms with van der Waals surface area (Å²) in [5, 5.41) is 3.07. The first-order valence-corrected chi connectivity index (χ1v) is 7.33. The van der Waals surface area contributed by atoms with Crippen LogP contribution in [0.5, 0.6) is 5.75 Å². The Bertz CT molecular complexity index is 568. The SMILES string of the molecule is COc1ccc(C(=O)NC(C)C2CCC2)cc1C#CCN. The van der Waals surface area contributed by atoms with Crippen LogP contribution in [-0.4, -0.2) is 25.6 Å². The molecular formula is C17H22N2O2. The number of amides is 1. The number of carbonyl (C=O) groups excluding carboxylic acids is 1. The summed E-state index contributed by atoms with van der Waals surface area (Å²) >= 11 is 0. The van der Waals surface area contributed by atoms with Crippen LogP contribution in [0.15, 0.2) is 18.2 Å². The lowest BCUT2D eigenvalue weighted by Gasteiger charge is -2.31. The van der Waals surface area contributed by atoms with Gasteiger partial charge in [-0.3, -0.25) is 4.79 Å². The quantitative estimate of drug-likeness (QED) is 0.831. The van der Waals surface area contributed by atoms with Gasteiger partial charge in [-0.05, 0) is 43.9 Å². The van der Waals surface area contributed by atoms with Gasteiger partial charge in [0.15, 0.2) is 0 Å². The lowest BCUT2D eigenvalue weighted by Crippen LogP contribution is -2.40. The van der Waals surface area contributed by atoms with Crippen molar-refractivity contribution in [1.29, 1.82) is 0 Å². The van der Waals surface area contributed by atoms with Crippen LogP contribution >= 0.6 is 0 Å². The second-order valence-corrected chi connectivity index (χ2v) is 5.37. The molecule has 1 fully saturated rings. The Balaban J connectivity index is 2.13. The van der Waals surface area contributed by atoms with Gasteiger partial charge in [-0.2, -0.15) is 0 Å². The van der Waals surface area contributed by atoms with Gasteiger partial charge < -0.3 is 15.8 Å². The first kappa shape index (κ1) is 15.4. The Morgan fingerprint density at radius 3 is 2.86 bits per heavy atom. The smallest absolute Gasteiger partial charge is 0.251 e. The highest BCUT2D eigenvalue weighted by Gasteiger charge is 2.25. The molecule has 0 heterocycles. The standard InChI is InChI=1S/C17H22N2O2/c1-12(13-5-3-6-13)19-17(20)15-8-9-16(21-2)14(11-15)7-4-10-18/h8-9,11-13H,3,5-6,10,18H2,1-2H3,(H,19,20). The fourth-order valence-corrected chi connectivity index (χ4v) is 2.44. The van der Waals surface area contributed by atoms with E-state index in [9.17, 15) is 4.79 Å². The molecule has 1 aromatic rings. The minimum atomic E-state index is -0.0622. The summed E-state index contributed by atoms with van der Waals surface area (Å²) in [4.78, 5) is 12.3. The molecule has 0 radical (unpaired) electrons. The van der Waals surface area contributed by atoms with Gasteiger partial charge in [0.25, 0.3) is 5.91 Å². The van der Waals surface area contributed by atoms with Gasteiger partial charge in [-0.25, -0.2) is 0 Å². The van der Waals surface area contributed by atoms with Gasteiger partial charge in [-0.15, -0.1) is 0 Å². The van der Waals surface area contributed by atoms with Gasteiger partial charge in [0.1, 0.15) is 5.75 Å².